The lowest BCUT2D eigenvalue weighted by Gasteiger charge is -2.09. The number of halogens is 1. The highest BCUT2D eigenvalue weighted by Crippen LogP contribution is 2.26. The molecule has 1 heterocycles. The van der Waals surface area contributed by atoms with Gasteiger partial charge in [-0.05, 0) is 18.2 Å². The summed E-state index contributed by atoms with van der Waals surface area (Å²) in [6.45, 7) is 1.29. The van der Waals surface area contributed by atoms with E-state index in [9.17, 15) is 14.0 Å². The molecule has 0 radical (unpaired) electrons. The van der Waals surface area contributed by atoms with Gasteiger partial charge in [-0.2, -0.15) is 0 Å². The molecule has 2 amide bonds. The van der Waals surface area contributed by atoms with Crippen molar-refractivity contribution in [2.75, 3.05) is 10.6 Å². The second-order valence-electron chi connectivity index (χ2n) is 5.23. The van der Waals surface area contributed by atoms with Crippen LogP contribution in [0.3, 0.4) is 0 Å². The van der Waals surface area contributed by atoms with Crippen LogP contribution in [0.25, 0.3) is 11.3 Å². The van der Waals surface area contributed by atoms with Gasteiger partial charge in [-0.15, -0.1) is 11.3 Å². The molecule has 1 aromatic heterocycles. The van der Waals surface area contributed by atoms with E-state index >= 15 is 0 Å². The van der Waals surface area contributed by atoms with Crippen molar-refractivity contribution in [3.63, 3.8) is 0 Å². The number of carbonyl (C=O) groups is 2. The predicted molar refractivity (Wildman–Crippen MR) is 96.2 cm³/mol. The molecule has 2 N–H and O–H groups in total. The minimum Gasteiger partial charge on any atom is -0.325 e. The van der Waals surface area contributed by atoms with Crippen LogP contribution in [-0.4, -0.2) is 16.8 Å². The first-order valence-electron chi connectivity index (χ1n) is 7.42. The van der Waals surface area contributed by atoms with Crippen molar-refractivity contribution < 1.29 is 14.0 Å². The van der Waals surface area contributed by atoms with Crippen LogP contribution in [-0.2, 0) is 4.79 Å². The Morgan fingerprint density at radius 3 is 2.56 bits per heavy atom. The summed E-state index contributed by atoms with van der Waals surface area (Å²) in [5, 5.41) is 7.39. The molecule has 0 aliphatic rings. The smallest absolute Gasteiger partial charge is 0.259 e. The summed E-state index contributed by atoms with van der Waals surface area (Å²) in [4.78, 5) is 28.1. The lowest BCUT2D eigenvalue weighted by atomic mass is 10.1. The van der Waals surface area contributed by atoms with Gasteiger partial charge in [-0.25, -0.2) is 9.37 Å². The zero-order chi connectivity index (χ0) is 17.8. The quantitative estimate of drug-likeness (QED) is 0.738. The zero-order valence-corrected chi connectivity index (χ0v) is 14.1. The second kappa shape index (κ2) is 7.23. The molecular weight excluding hydrogens is 341 g/mol. The maximum Gasteiger partial charge on any atom is 0.259 e. The number of benzene rings is 2. The zero-order valence-electron chi connectivity index (χ0n) is 13.2. The van der Waals surface area contributed by atoms with Gasteiger partial charge in [0.1, 0.15) is 5.82 Å². The van der Waals surface area contributed by atoms with Gasteiger partial charge in [0.15, 0.2) is 5.13 Å². The monoisotopic (exact) mass is 355 g/mol. The van der Waals surface area contributed by atoms with Crippen molar-refractivity contribution in [2.24, 2.45) is 0 Å². The highest BCUT2D eigenvalue weighted by Gasteiger charge is 2.15. The third-order valence-corrected chi connectivity index (χ3v) is 4.09. The first kappa shape index (κ1) is 16.8. The summed E-state index contributed by atoms with van der Waals surface area (Å²) < 4.78 is 13.4. The number of carbonyl (C=O) groups excluding carboxylic acids is 2. The molecule has 0 spiro atoms. The predicted octanol–water partition coefficient (Wildman–Crippen LogP) is 4.16. The minimum absolute atomic E-state index is 0.116. The molecule has 3 aromatic rings. The Balaban J connectivity index is 1.81. The highest BCUT2D eigenvalue weighted by atomic mass is 32.1. The topological polar surface area (TPSA) is 71.1 Å². The molecule has 0 atom stereocenters. The average molecular weight is 355 g/mol. The molecule has 25 heavy (non-hydrogen) atoms. The first-order valence-corrected chi connectivity index (χ1v) is 8.30. The number of hydrogen-bond acceptors (Lipinski definition) is 4. The number of anilines is 2. The van der Waals surface area contributed by atoms with E-state index in [1.807, 2.05) is 35.7 Å². The van der Waals surface area contributed by atoms with E-state index in [0.29, 0.717) is 5.13 Å². The van der Waals surface area contributed by atoms with Crippen LogP contribution in [0.1, 0.15) is 17.3 Å². The van der Waals surface area contributed by atoms with Crippen molar-refractivity contribution in [3.8, 4) is 11.3 Å². The standard InChI is InChI=1S/C18H14FN3O2S/c1-11(23)20-15-9-13(19)7-8-14(15)17(24)22-18-21-16(10-25-18)12-5-3-2-4-6-12/h2-10H,1H3,(H,20,23)(H,21,22,24). The molecule has 0 saturated carbocycles. The third-order valence-electron chi connectivity index (χ3n) is 3.33. The number of rotatable bonds is 4. The van der Waals surface area contributed by atoms with E-state index in [1.54, 1.807) is 0 Å². The van der Waals surface area contributed by atoms with E-state index in [1.165, 1.54) is 24.3 Å². The van der Waals surface area contributed by atoms with Crippen LogP contribution < -0.4 is 10.6 Å². The van der Waals surface area contributed by atoms with Crippen molar-refractivity contribution >= 4 is 34.0 Å². The van der Waals surface area contributed by atoms with Gasteiger partial charge < -0.3 is 5.32 Å². The Morgan fingerprint density at radius 1 is 1.08 bits per heavy atom. The van der Waals surface area contributed by atoms with Crippen molar-refractivity contribution in [2.45, 2.75) is 6.92 Å². The Kier molecular flexibility index (Phi) is 4.85. The van der Waals surface area contributed by atoms with E-state index in [2.05, 4.69) is 15.6 Å². The third kappa shape index (κ3) is 4.07. The van der Waals surface area contributed by atoms with Crippen LogP contribution in [0.4, 0.5) is 15.2 Å². The number of aromatic nitrogens is 1. The van der Waals surface area contributed by atoms with Gasteiger partial charge in [0.25, 0.3) is 5.91 Å². The summed E-state index contributed by atoms with van der Waals surface area (Å²) in [5.74, 6) is -1.40. The molecule has 126 valence electrons. The van der Waals surface area contributed by atoms with Gasteiger partial charge in [0.2, 0.25) is 5.91 Å². The number of thiazole rings is 1. The summed E-state index contributed by atoms with van der Waals surface area (Å²) in [6.07, 6.45) is 0. The molecule has 0 aliphatic heterocycles. The summed E-state index contributed by atoms with van der Waals surface area (Å²) >= 11 is 1.29. The summed E-state index contributed by atoms with van der Waals surface area (Å²) in [7, 11) is 0. The van der Waals surface area contributed by atoms with Crippen molar-refractivity contribution in [3.05, 3.63) is 65.3 Å². The molecule has 0 bridgehead atoms. The lowest BCUT2D eigenvalue weighted by molar-refractivity contribution is -0.114. The molecule has 7 heteroatoms. The maximum absolute atomic E-state index is 13.4. The minimum atomic E-state index is -0.541. The van der Waals surface area contributed by atoms with Crippen molar-refractivity contribution in [1.82, 2.24) is 4.98 Å². The molecular formula is C18H14FN3O2S. The molecule has 3 rings (SSSR count). The Hall–Kier alpha value is -3.06. The maximum atomic E-state index is 13.4. The Bertz CT molecular complexity index is 925. The fourth-order valence-electron chi connectivity index (χ4n) is 2.24. The van der Waals surface area contributed by atoms with Crippen LogP contribution >= 0.6 is 11.3 Å². The van der Waals surface area contributed by atoms with Gasteiger partial charge in [-0.3, -0.25) is 14.9 Å². The largest absolute Gasteiger partial charge is 0.325 e. The van der Waals surface area contributed by atoms with Gasteiger partial charge in [0.05, 0.1) is 16.9 Å². The summed E-state index contributed by atoms with van der Waals surface area (Å²) in [5.41, 5.74) is 1.97. The fourth-order valence-corrected chi connectivity index (χ4v) is 2.96. The van der Waals surface area contributed by atoms with Crippen LogP contribution in [0.2, 0.25) is 0 Å². The number of hydrogen-bond donors (Lipinski definition) is 2. The van der Waals surface area contributed by atoms with Crippen LogP contribution in [0, 0.1) is 5.82 Å². The van der Waals surface area contributed by atoms with Crippen LogP contribution in [0.5, 0.6) is 0 Å². The molecule has 5 nitrogen and oxygen atoms in total. The van der Waals surface area contributed by atoms with E-state index in [-0.39, 0.29) is 17.2 Å². The van der Waals surface area contributed by atoms with Gasteiger partial charge in [-0.1, -0.05) is 30.3 Å². The molecule has 0 unspecified atom stereocenters. The van der Waals surface area contributed by atoms with Crippen LogP contribution in [0.15, 0.2) is 53.9 Å². The average Bonchev–Trinajstić information content (AvgIpc) is 3.03. The number of nitrogens with zero attached hydrogens (tertiary/aromatic N) is 1. The Morgan fingerprint density at radius 2 is 1.84 bits per heavy atom. The van der Waals surface area contributed by atoms with Gasteiger partial charge in [0, 0.05) is 17.9 Å². The number of nitrogens with one attached hydrogen (secondary N) is 2. The highest BCUT2D eigenvalue weighted by molar-refractivity contribution is 7.14. The molecule has 2 aromatic carbocycles. The van der Waals surface area contributed by atoms with E-state index < -0.39 is 11.7 Å². The molecule has 0 saturated heterocycles. The lowest BCUT2D eigenvalue weighted by Crippen LogP contribution is -2.16. The summed E-state index contributed by atoms with van der Waals surface area (Å²) in [6, 6.07) is 13.2. The molecule has 0 aliphatic carbocycles. The first-order chi connectivity index (χ1) is 12.0. The van der Waals surface area contributed by atoms with Crippen molar-refractivity contribution in [1.29, 1.82) is 0 Å². The van der Waals surface area contributed by atoms with E-state index in [0.717, 1.165) is 23.4 Å². The Labute approximate surface area is 147 Å². The number of amides is 2. The SMILES string of the molecule is CC(=O)Nc1cc(F)ccc1C(=O)Nc1nc(-c2ccccc2)cs1. The van der Waals surface area contributed by atoms with Gasteiger partial charge >= 0.3 is 0 Å². The second-order valence-corrected chi connectivity index (χ2v) is 6.09. The molecule has 0 fully saturated rings. The normalized spacial score (nSPS) is 10.3. The fraction of sp³-hybridized carbons (Fsp3) is 0.0556. The van der Waals surface area contributed by atoms with E-state index in [4.69, 9.17) is 0 Å².